The first kappa shape index (κ1) is 14.5. The maximum absolute atomic E-state index is 12.6. The van der Waals surface area contributed by atoms with Crippen LogP contribution >= 0.6 is 11.3 Å². The highest BCUT2D eigenvalue weighted by Crippen LogP contribution is 2.29. The van der Waals surface area contributed by atoms with Crippen molar-refractivity contribution >= 4 is 17.2 Å². The van der Waals surface area contributed by atoms with Gasteiger partial charge in [-0.25, -0.2) is 4.98 Å². The van der Waals surface area contributed by atoms with Gasteiger partial charge in [-0.2, -0.15) is 0 Å². The van der Waals surface area contributed by atoms with Gasteiger partial charge in [-0.05, 0) is 39.2 Å². The van der Waals surface area contributed by atoms with Gasteiger partial charge in [0.15, 0.2) is 0 Å². The smallest absolute Gasteiger partial charge is 0.273 e. The van der Waals surface area contributed by atoms with Crippen LogP contribution in [-0.2, 0) is 0 Å². The van der Waals surface area contributed by atoms with Crippen LogP contribution in [0.15, 0.2) is 5.38 Å². The summed E-state index contributed by atoms with van der Waals surface area (Å²) < 4.78 is 0. The van der Waals surface area contributed by atoms with Crippen LogP contribution in [0.25, 0.3) is 0 Å². The molecule has 0 aromatic carbocycles. The molecule has 1 aromatic heterocycles. The Kier molecular flexibility index (Phi) is 4.93. The first-order valence-corrected chi connectivity index (χ1v) is 7.98. The lowest BCUT2D eigenvalue weighted by atomic mass is 9.83. The average molecular weight is 281 g/mol. The van der Waals surface area contributed by atoms with E-state index in [-0.39, 0.29) is 5.91 Å². The number of carbonyl (C=O) groups is 1. The van der Waals surface area contributed by atoms with Gasteiger partial charge in [0.25, 0.3) is 5.91 Å². The number of aromatic nitrogens is 1. The summed E-state index contributed by atoms with van der Waals surface area (Å²) in [7, 11) is 0. The van der Waals surface area contributed by atoms with Gasteiger partial charge < -0.3 is 10.6 Å². The predicted molar refractivity (Wildman–Crippen MR) is 78.4 cm³/mol. The summed E-state index contributed by atoms with van der Waals surface area (Å²) in [5, 5.41) is 2.80. The molecule has 1 aliphatic carbocycles. The molecule has 0 radical (unpaired) electrons. The molecule has 1 amide bonds. The molecule has 1 heterocycles. The fourth-order valence-electron chi connectivity index (χ4n) is 3.01. The highest BCUT2D eigenvalue weighted by Gasteiger charge is 2.32. The quantitative estimate of drug-likeness (QED) is 0.922. The topological polar surface area (TPSA) is 59.2 Å². The summed E-state index contributed by atoms with van der Waals surface area (Å²) >= 11 is 1.53. The van der Waals surface area contributed by atoms with Crippen LogP contribution in [0.1, 0.15) is 48.1 Å². The maximum atomic E-state index is 12.6. The van der Waals surface area contributed by atoms with Crippen molar-refractivity contribution < 1.29 is 4.79 Å². The van der Waals surface area contributed by atoms with Crippen molar-refractivity contribution in [2.45, 2.75) is 45.6 Å². The van der Waals surface area contributed by atoms with Gasteiger partial charge >= 0.3 is 0 Å². The molecule has 5 heteroatoms. The standard InChI is InChI=1S/C14H23N3OS/c1-3-17(13-7-5-4-6-11(13)8-15)14(18)12-9-19-10(2)16-12/h9,11,13H,3-8,15H2,1-2H3. The molecule has 0 spiro atoms. The van der Waals surface area contributed by atoms with Crippen molar-refractivity contribution in [3.05, 3.63) is 16.1 Å². The van der Waals surface area contributed by atoms with E-state index in [1.165, 1.54) is 24.2 Å². The summed E-state index contributed by atoms with van der Waals surface area (Å²) in [5.74, 6) is 0.509. The van der Waals surface area contributed by atoms with Crippen molar-refractivity contribution in [1.29, 1.82) is 0 Å². The number of thiazole rings is 1. The molecule has 1 aliphatic rings. The number of amides is 1. The van der Waals surface area contributed by atoms with E-state index in [0.29, 0.717) is 24.2 Å². The molecule has 106 valence electrons. The number of nitrogens with two attached hydrogens (primary N) is 1. The largest absolute Gasteiger partial charge is 0.334 e. The SMILES string of the molecule is CCN(C(=O)c1csc(C)n1)C1CCCCC1CN. The number of hydrogen-bond acceptors (Lipinski definition) is 4. The lowest BCUT2D eigenvalue weighted by Gasteiger charge is -2.39. The number of carbonyl (C=O) groups excluding carboxylic acids is 1. The van der Waals surface area contributed by atoms with Gasteiger partial charge in [-0.1, -0.05) is 12.8 Å². The zero-order valence-corrected chi connectivity index (χ0v) is 12.6. The zero-order valence-electron chi connectivity index (χ0n) is 11.8. The number of rotatable bonds is 4. The summed E-state index contributed by atoms with van der Waals surface area (Å²) in [4.78, 5) is 18.9. The molecule has 2 atom stereocenters. The Morgan fingerprint density at radius 1 is 1.53 bits per heavy atom. The van der Waals surface area contributed by atoms with Gasteiger partial charge in [-0.15, -0.1) is 11.3 Å². The van der Waals surface area contributed by atoms with Crippen LogP contribution in [-0.4, -0.2) is 34.9 Å². The summed E-state index contributed by atoms with van der Waals surface area (Å²) in [6.07, 6.45) is 4.65. The van der Waals surface area contributed by atoms with Crippen LogP contribution < -0.4 is 5.73 Å². The Labute approximate surface area is 119 Å². The predicted octanol–water partition coefficient (Wildman–Crippen LogP) is 2.43. The molecular formula is C14H23N3OS. The Hall–Kier alpha value is -0.940. The highest BCUT2D eigenvalue weighted by molar-refractivity contribution is 7.09. The van der Waals surface area contributed by atoms with Crippen molar-refractivity contribution in [2.24, 2.45) is 11.7 Å². The van der Waals surface area contributed by atoms with Gasteiger partial charge in [0.1, 0.15) is 5.69 Å². The first-order valence-electron chi connectivity index (χ1n) is 7.10. The third-order valence-electron chi connectivity index (χ3n) is 4.01. The summed E-state index contributed by atoms with van der Waals surface area (Å²) in [5.41, 5.74) is 6.47. The van der Waals surface area contributed by atoms with E-state index in [1.807, 2.05) is 24.1 Å². The number of aryl methyl sites for hydroxylation is 1. The van der Waals surface area contributed by atoms with Crippen molar-refractivity contribution in [2.75, 3.05) is 13.1 Å². The molecular weight excluding hydrogens is 258 g/mol. The van der Waals surface area contributed by atoms with Crippen molar-refractivity contribution in [3.63, 3.8) is 0 Å². The number of nitrogens with zero attached hydrogens (tertiary/aromatic N) is 2. The monoisotopic (exact) mass is 281 g/mol. The molecule has 19 heavy (non-hydrogen) atoms. The van der Waals surface area contributed by atoms with Crippen LogP contribution in [0.5, 0.6) is 0 Å². The van der Waals surface area contributed by atoms with Crippen LogP contribution in [0.3, 0.4) is 0 Å². The minimum Gasteiger partial charge on any atom is -0.334 e. The van der Waals surface area contributed by atoms with E-state index in [4.69, 9.17) is 5.73 Å². The van der Waals surface area contributed by atoms with Crippen LogP contribution in [0.2, 0.25) is 0 Å². The molecule has 0 aliphatic heterocycles. The Balaban J connectivity index is 2.16. The number of hydrogen-bond donors (Lipinski definition) is 1. The van der Waals surface area contributed by atoms with Crippen molar-refractivity contribution in [3.8, 4) is 0 Å². The second kappa shape index (κ2) is 6.48. The highest BCUT2D eigenvalue weighted by atomic mass is 32.1. The fourth-order valence-corrected chi connectivity index (χ4v) is 3.60. The summed E-state index contributed by atoms with van der Waals surface area (Å²) in [6.45, 7) is 5.38. The lowest BCUT2D eigenvalue weighted by Crippen LogP contribution is -2.48. The first-order chi connectivity index (χ1) is 9.17. The third kappa shape index (κ3) is 3.15. The molecule has 0 bridgehead atoms. The molecule has 0 saturated heterocycles. The van der Waals surface area contributed by atoms with Gasteiger partial charge in [0.2, 0.25) is 0 Å². The fraction of sp³-hybridized carbons (Fsp3) is 0.714. The van der Waals surface area contributed by atoms with Gasteiger partial charge in [-0.3, -0.25) is 4.79 Å². The van der Waals surface area contributed by atoms with E-state index in [1.54, 1.807) is 0 Å². The Bertz CT molecular complexity index is 432. The van der Waals surface area contributed by atoms with Crippen LogP contribution in [0, 0.1) is 12.8 Å². The second-order valence-corrected chi connectivity index (χ2v) is 6.25. The molecule has 4 nitrogen and oxygen atoms in total. The molecule has 2 N–H and O–H groups in total. The lowest BCUT2D eigenvalue weighted by molar-refractivity contribution is 0.0555. The van der Waals surface area contributed by atoms with Gasteiger partial charge in [0.05, 0.1) is 5.01 Å². The molecule has 2 rings (SSSR count). The Morgan fingerprint density at radius 3 is 2.84 bits per heavy atom. The summed E-state index contributed by atoms with van der Waals surface area (Å²) in [6, 6.07) is 0.290. The van der Waals surface area contributed by atoms with Crippen LogP contribution in [0.4, 0.5) is 0 Å². The van der Waals surface area contributed by atoms with E-state index in [9.17, 15) is 4.79 Å². The second-order valence-electron chi connectivity index (χ2n) is 5.19. The van der Waals surface area contributed by atoms with E-state index in [2.05, 4.69) is 4.98 Å². The minimum atomic E-state index is 0.0669. The average Bonchev–Trinajstić information content (AvgIpc) is 2.86. The normalized spacial score (nSPS) is 23.3. The molecule has 2 unspecified atom stereocenters. The van der Waals surface area contributed by atoms with E-state index < -0.39 is 0 Å². The molecule has 1 aromatic rings. The van der Waals surface area contributed by atoms with E-state index >= 15 is 0 Å². The van der Waals surface area contributed by atoms with E-state index in [0.717, 1.165) is 24.4 Å². The minimum absolute atomic E-state index is 0.0669. The zero-order chi connectivity index (χ0) is 13.8. The maximum Gasteiger partial charge on any atom is 0.273 e. The van der Waals surface area contributed by atoms with Crippen molar-refractivity contribution in [1.82, 2.24) is 9.88 Å². The molecule has 1 fully saturated rings. The third-order valence-corrected chi connectivity index (χ3v) is 4.79. The molecule has 1 saturated carbocycles. The Morgan fingerprint density at radius 2 is 2.26 bits per heavy atom. The van der Waals surface area contributed by atoms with Gasteiger partial charge in [0, 0.05) is 18.0 Å².